The lowest BCUT2D eigenvalue weighted by Gasteiger charge is -2.48. The molecular weight excluding hydrogens is 641 g/mol. The molecule has 8 aliphatic heterocycles. The van der Waals surface area contributed by atoms with Crippen molar-refractivity contribution in [3.8, 4) is 0 Å². The Morgan fingerprint density at radius 2 is 0.788 bits per heavy atom. The Kier molecular flexibility index (Phi) is 5.79. The molecule has 8 heteroatoms. The number of likely N-dealkylation sites (N-methyl/N-ethyl adjacent to an activating group) is 4. The molecule has 0 saturated carbocycles. The molecule has 8 aliphatic rings. The number of nitrogens with zero attached hydrogens (tertiary/aromatic N) is 4. The van der Waals surface area contributed by atoms with Crippen molar-refractivity contribution < 1.29 is 0 Å². The molecule has 266 valence electrons. The van der Waals surface area contributed by atoms with Crippen molar-refractivity contribution in [3.63, 3.8) is 0 Å². The third-order valence-electron chi connectivity index (χ3n) is 15.9. The van der Waals surface area contributed by atoms with Crippen molar-refractivity contribution in [2.75, 3.05) is 75.6 Å². The van der Waals surface area contributed by atoms with E-state index in [1.165, 1.54) is 56.1 Å². The van der Waals surface area contributed by atoms with Crippen LogP contribution in [0.15, 0.2) is 84.9 Å². The van der Waals surface area contributed by atoms with Crippen molar-refractivity contribution in [1.82, 2.24) is 19.6 Å². The predicted molar refractivity (Wildman–Crippen MR) is 209 cm³/mol. The summed E-state index contributed by atoms with van der Waals surface area (Å²) >= 11 is 0. The van der Waals surface area contributed by atoms with Crippen LogP contribution in [0.2, 0.25) is 0 Å². The normalized spacial score (nSPS) is 38.0. The SMILES string of the molecule is CN1CC[C@@]2(c3cccc4c3N[C@H]3N(C)CC[C@@]43c3cccc4c3N[C@H]3N(C)CC[C@@]43[C@@]34CCN(C)[C@@H]3Nc3ccccc34)c3ccccc3N[C@@H]12. The third-order valence-corrected chi connectivity index (χ3v) is 15.9. The van der Waals surface area contributed by atoms with Crippen LogP contribution in [0.4, 0.5) is 22.7 Å². The molecule has 0 bridgehead atoms. The second-order valence-electron chi connectivity index (χ2n) is 17.5. The van der Waals surface area contributed by atoms with Crippen LogP contribution in [0, 0.1) is 0 Å². The summed E-state index contributed by atoms with van der Waals surface area (Å²) < 4.78 is 0. The molecule has 0 amide bonds. The summed E-state index contributed by atoms with van der Waals surface area (Å²) in [7, 11) is 9.31. The van der Waals surface area contributed by atoms with Crippen LogP contribution in [0.1, 0.15) is 59.1 Å². The summed E-state index contributed by atoms with van der Waals surface area (Å²) in [5.74, 6) is 0. The summed E-state index contributed by atoms with van der Waals surface area (Å²) in [6, 6.07) is 33.0. The van der Waals surface area contributed by atoms with Crippen LogP contribution in [0.5, 0.6) is 0 Å². The molecule has 52 heavy (non-hydrogen) atoms. The largest absolute Gasteiger partial charge is 0.369 e. The van der Waals surface area contributed by atoms with Crippen molar-refractivity contribution >= 4 is 22.7 Å². The maximum Gasteiger partial charge on any atom is 0.0933 e. The average Bonchev–Trinajstić information content (AvgIpc) is 4.03. The van der Waals surface area contributed by atoms with Crippen molar-refractivity contribution in [1.29, 1.82) is 0 Å². The highest BCUT2D eigenvalue weighted by Gasteiger charge is 2.72. The van der Waals surface area contributed by atoms with Crippen LogP contribution in [0.3, 0.4) is 0 Å². The summed E-state index contributed by atoms with van der Waals surface area (Å²) in [6.45, 7) is 4.34. The minimum atomic E-state index is -0.172. The fourth-order valence-electron chi connectivity index (χ4n) is 13.8. The number of benzene rings is 4. The molecule has 8 heterocycles. The van der Waals surface area contributed by atoms with E-state index in [0.717, 1.165) is 51.9 Å². The lowest BCUT2D eigenvalue weighted by Crippen LogP contribution is -2.60. The number of fused-ring (bicyclic) bond motifs is 13. The first-order chi connectivity index (χ1) is 25.4. The molecule has 4 saturated heterocycles. The molecule has 4 N–H and O–H groups in total. The Morgan fingerprint density at radius 3 is 1.44 bits per heavy atom. The Morgan fingerprint density at radius 1 is 0.404 bits per heavy atom. The fraction of sp³-hybridized carbons (Fsp3) is 0.455. The molecule has 8 atom stereocenters. The lowest BCUT2D eigenvalue weighted by molar-refractivity contribution is 0.147. The molecule has 0 spiro atoms. The number of nitrogens with one attached hydrogen (secondary N) is 4. The zero-order valence-corrected chi connectivity index (χ0v) is 30.8. The number of hydrogen-bond donors (Lipinski definition) is 4. The topological polar surface area (TPSA) is 61.1 Å². The van der Waals surface area contributed by atoms with Gasteiger partial charge in [-0.25, -0.2) is 0 Å². The highest BCUT2D eigenvalue weighted by Crippen LogP contribution is 2.68. The van der Waals surface area contributed by atoms with Crippen LogP contribution < -0.4 is 21.3 Å². The summed E-state index contributed by atoms with van der Waals surface area (Å²) in [5.41, 5.74) is 13.9. The van der Waals surface area contributed by atoms with Crippen LogP contribution in [-0.4, -0.2) is 98.6 Å². The van der Waals surface area contributed by atoms with Gasteiger partial charge in [0, 0.05) is 59.8 Å². The molecule has 0 radical (unpaired) electrons. The van der Waals surface area contributed by atoms with E-state index >= 15 is 0 Å². The standard InChI is InChI=1S/C44H50N8/c1-49-23-19-41(27-11-5-7-17-33(27)45-37(41)49)29-13-9-14-30-35(29)47-38-42(30,20-24-50(38)2)31-15-10-16-32-36(31)48-40-44(32,22-26-52(40)4)43-21-25-51(3)39(43)46-34-18-8-6-12-28(34)43/h5-18,37-40,45-48H,19-26H2,1-4H3/t37-,38-,39-,40-,41-,42-,43+,44+/m0/s1. The Hall–Kier alpha value is -4.08. The van der Waals surface area contributed by atoms with Crippen molar-refractivity contribution in [2.45, 2.75) is 72.0 Å². The minimum Gasteiger partial charge on any atom is -0.369 e. The maximum absolute atomic E-state index is 4.36. The second kappa shape index (κ2) is 9.91. The quantitative estimate of drug-likeness (QED) is 0.216. The molecule has 8 nitrogen and oxygen atoms in total. The van der Waals surface area contributed by atoms with Crippen molar-refractivity contribution in [3.05, 3.63) is 118 Å². The van der Waals surface area contributed by atoms with Gasteiger partial charge in [0.1, 0.15) is 0 Å². The van der Waals surface area contributed by atoms with Gasteiger partial charge in [-0.05, 0) is 99.4 Å². The monoisotopic (exact) mass is 690 g/mol. The third kappa shape index (κ3) is 3.17. The highest BCUT2D eigenvalue weighted by molar-refractivity contribution is 5.81. The highest BCUT2D eigenvalue weighted by atomic mass is 15.4. The van der Waals surface area contributed by atoms with Gasteiger partial charge in [-0.1, -0.05) is 72.8 Å². The number of likely N-dealkylation sites (tertiary alicyclic amines) is 4. The summed E-state index contributed by atoms with van der Waals surface area (Å²) in [5, 5.41) is 16.7. The molecule has 12 rings (SSSR count). The Bertz CT molecular complexity index is 2180. The van der Waals surface area contributed by atoms with Gasteiger partial charge in [0.2, 0.25) is 0 Å². The first kappa shape index (κ1) is 30.4. The molecular formula is C44H50N8. The summed E-state index contributed by atoms with van der Waals surface area (Å²) in [4.78, 5) is 10.3. The van der Waals surface area contributed by atoms with Gasteiger partial charge in [-0.2, -0.15) is 0 Å². The number of hydrogen-bond acceptors (Lipinski definition) is 8. The zero-order chi connectivity index (χ0) is 34.8. The van der Waals surface area contributed by atoms with Gasteiger partial charge in [-0.15, -0.1) is 0 Å². The van der Waals surface area contributed by atoms with Gasteiger partial charge in [0.05, 0.1) is 35.5 Å². The molecule has 4 aromatic carbocycles. The van der Waals surface area contributed by atoms with E-state index in [9.17, 15) is 0 Å². The van der Waals surface area contributed by atoms with E-state index < -0.39 is 0 Å². The molecule has 0 aromatic heterocycles. The zero-order valence-electron chi connectivity index (χ0n) is 30.8. The molecule has 0 unspecified atom stereocenters. The van der Waals surface area contributed by atoms with Gasteiger partial charge in [-0.3, -0.25) is 19.6 Å². The Labute approximate surface area is 307 Å². The first-order valence-electron chi connectivity index (χ1n) is 19.7. The van der Waals surface area contributed by atoms with Crippen molar-refractivity contribution in [2.24, 2.45) is 0 Å². The van der Waals surface area contributed by atoms with Gasteiger partial charge in [0.25, 0.3) is 0 Å². The number of rotatable bonds is 3. The van der Waals surface area contributed by atoms with Gasteiger partial charge in [0.15, 0.2) is 0 Å². The lowest BCUT2D eigenvalue weighted by atomic mass is 9.54. The maximum atomic E-state index is 4.36. The molecule has 4 aromatic rings. The van der Waals surface area contributed by atoms with Crippen LogP contribution in [0.25, 0.3) is 0 Å². The van der Waals surface area contributed by atoms with Crippen LogP contribution >= 0.6 is 0 Å². The van der Waals surface area contributed by atoms with E-state index in [4.69, 9.17) is 0 Å². The Balaban J connectivity index is 1.08. The second-order valence-corrected chi connectivity index (χ2v) is 17.5. The summed E-state index contributed by atoms with van der Waals surface area (Å²) in [6.07, 6.45) is 5.43. The van der Waals surface area contributed by atoms with Gasteiger partial charge < -0.3 is 21.3 Å². The van der Waals surface area contributed by atoms with E-state index in [1.54, 1.807) is 0 Å². The van der Waals surface area contributed by atoms with E-state index in [1.807, 2.05) is 0 Å². The predicted octanol–water partition coefficient (Wildman–Crippen LogP) is 5.78. The average molecular weight is 691 g/mol. The first-order valence-corrected chi connectivity index (χ1v) is 19.7. The molecule has 0 aliphatic carbocycles. The smallest absolute Gasteiger partial charge is 0.0933 e. The van der Waals surface area contributed by atoms with E-state index in [-0.39, 0.29) is 46.3 Å². The number of para-hydroxylation sites is 4. The number of anilines is 4. The van der Waals surface area contributed by atoms with E-state index in [2.05, 4.69) is 154 Å². The van der Waals surface area contributed by atoms with Crippen LogP contribution in [-0.2, 0) is 21.7 Å². The molecule has 4 fully saturated rings. The van der Waals surface area contributed by atoms with Gasteiger partial charge >= 0.3 is 0 Å². The fourth-order valence-corrected chi connectivity index (χ4v) is 13.8. The minimum absolute atomic E-state index is 0.0290. The van der Waals surface area contributed by atoms with E-state index in [0.29, 0.717) is 0 Å².